The van der Waals surface area contributed by atoms with E-state index in [1.165, 1.54) is 29.4 Å². The van der Waals surface area contributed by atoms with Crippen molar-refractivity contribution in [3.8, 4) is 22.8 Å². The highest BCUT2D eigenvalue weighted by atomic mass is 19.1. The third kappa shape index (κ3) is 4.99. The lowest BCUT2D eigenvalue weighted by Gasteiger charge is -2.18. The van der Waals surface area contributed by atoms with Gasteiger partial charge in [0.25, 0.3) is 5.91 Å². The first kappa shape index (κ1) is 26.1. The minimum Gasteiger partial charge on any atom is -0.486 e. The summed E-state index contributed by atoms with van der Waals surface area (Å²) < 4.78 is 41.6. The molecule has 3 aromatic rings. The lowest BCUT2D eigenvalue weighted by molar-refractivity contribution is -0.125. The van der Waals surface area contributed by atoms with Crippen molar-refractivity contribution in [3.63, 3.8) is 0 Å². The number of nitrogens with zero attached hydrogens (tertiary/aromatic N) is 3. The highest BCUT2D eigenvalue weighted by molar-refractivity contribution is 6.05. The number of fused-ring (bicyclic) bond motifs is 1. The summed E-state index contributed by atoms with van der Waals surface area (Å²) in [6.45, 7) is 5.38. The van der Waals surface area contributed by atoms with Crippen LogP contribution >= 0.6 is 0 Å². The molecule has 0 bridgehead atoms. The summed E-state index contributed by atoms with van der Waals surface area (Å²) in [5, 5.41) is 2.61. The summed E-state index contributed by atoms with van der Waals surface area (Å²) in [5.41, 5.74) is 7.29. The van der Waals surface area contributed by atoms with Gasteiger partial charge < -0.3 is 25.4 Å². The van der Waals surface area contributed by atoms with Gasteiger partial charge in [-0.25, -0.2) is 18.7 Å². The summed E-state index contributed by atoms with van der Waals surface area (Å²) in [7, 11) is 1.59. The van der Waals surface area contributed by atoms with Gasteiger partial charge in [0.2, 0.25) is 5.91 Å². The van der Waals surface area contributed by atoms with Crippen molar-refractivity contribution in [3.05, 3.63) is 71.6 Å². The number of nitrogen functional groups attached to an aromatic ring is 1. The Labute approximate surface area is 223 Å². The van der Waals surface area contributed by atoms with E-state index in [2.05, 4.69) is 21.9 Å². The Hall–Kier alpha value is -4.54. The number of benzene rings is 2. The van der Waals surface area contributed by atoms with E-state index in [9.17, 15) is 14.0 Å². The van der Waals surface area contributed by atoms with Crippen LogP contribution in [0.4, 0.5) is 20.3 Å². The molecule has 1 saturated carbocycles. The fraction of sp³-hybridized carbons (Fsp3) is 0.286. The Balaban J connectivity index is 1.41. The monoisotopic (exact) mass is 535 g/mol. The molecule has 1 fully saturated rings. The standard InChI is InChI=1S/C28H27F2N5O4/c1-4-21(36)35(3)9-10-38-25-23(32-14-33-26(25)31)19-11-17(29)12-20(15(19)2)34-27(37)18-6-5-16-13-28(7-8-28)39-24(16)22(18)30/h4-6,11-12,14H,1,7-10,13H2,2-3H3,(H,34,37)(H2,31,32,33). The smallest absolute Gasteiger partial charge is 0.258 e. The van der Waals surface area contributed by atoms with Crippen LogP contribution in [0.1, 0.15) is 34.3 Å². The van der Waals surface area contributed by atoms with Gasteiger partial charge >= 0.3 is 0 Å². The Bertz CT molecular complexity index is 1510. The zero-order valence-corrected chi connectivity index (χ0v) is 21.5. The molecule has 1 aromatic heterocycles. The maximum absolute atomic E-state index is 15.2. The molecule has 3 N–H and O–H groups in total. The van der Waals surface area contributed by atoms with Crippen LogP contribution in [0.2, 0.25) is 0 Å². The Morgan fingerprint density at radius 1 is 1.28 bits per heavy atom. The summed E-state index contributed by atoms with van der Waals surface area (Å²) in [6, 6.07) is 5.47. The van der Waals surface area contributed by atoms with Gasteiger partial charge in [0.15, 0.2) is 23.1 Å². The predicted molar refractivity (Wildman–Crippen MR) is 141 cm³/mol. The minimum absolute atomic E-state index is 0.0144. The zero-order valence-electron chi connectivity index (χ0n) is 21.5. The number of carbonyl (C=O) groups excluding carboxylic acids is 2. The molecule has 1 aliphatic carbocycles. The molecule has 11 heteroatoms. The first-order chi connectivity index (χ1) is 18.6. The second-order valence-corrected chi connectivity index (χ2v) is 9.71. The van der Waals surface area contributed by atoms with Crippen molar-refractivity contribution >= 4 is 23.3 Å². The number of carbonyl (C=O) groups is 2. The molecule has 1 spiro atoms. The number of nitrogens with two attached hydrogens (primary N) is 1. The number of aromatic nitrogens is 2. The molecule has 0 atom stereocenters. The fourth-order valence-corrected chi connectivity index (χ4v) is 4.56. The summed E-state index contributed by atoms with van der Waals surface area (Å²) in [5.74, 6) is -2.21. The molecule has 5 rings (SSSR count). The highest BCUT2D eigenvalue weighted by Gasteiger charge is 2.51. The highest BCUT2D eigenvalue weighted by Crippen LogP contribution is 2.51. The first-order valence-corrected chi connectivity index (χ1v) is 12.4. The zero-order chi connectivity index (χ0) is 27.9. The molecule has 9 nitrogen and oxygen atoms in total. The van der Waals surface area contributed by atoms with E-state index in [1.54, 1.807) is 20.0 Å². The molecule has 2 aliphatic rings. The van der Waals surface area contributed by atoms with Crippen molar-refractivity contribution in [1.82, 2.24) is 14.9 Å². The quantitative estimate of drug-likeness (QED) is 0.418. The number of rotatable bonds is 8. The number of likely N-dealkylation sites (N-methyl/N-ethyl adjacent to an activating group) is 1. The Morgan fingerprint density at radius 2 is 2.05 bits per heavy atom. The van der Waals surface area contributed by atoms with Gasteiger partial charge in [0.05, 0.1) is 12.1 Å². The minimum atomic E-state index is -0.746. The Kier molecular flexibility index (Phi) is 6.67. The topological polar surface area (TPSA) is 120 Å². The second kappa shape index (κ2) is 9.97. The molecule has 0 unspecified atom stereocenters. The molecular formula is C28H27F2N5O4. The average molecular weight is 536 g/mol. The number of hydrogen-bond acceptors (Lipinski definition) is 7. The van der Waals surface area contributed by atoms with Gasteiger partial charge in [-0.3, -0.25) is 9.59 Å². The van der Waals surface area contributed by atoms with Gasteiger partial charge in [-0.2, -0.15) is 0 Å². The number of nitrogens with one attached hydrogen (secondary N) is 1. The van der Waals surface area contributed by atoms with Crippen LogP contribution in [-0.2, 0) is 11.2 Å². The second-order valence-electron chi connectivity index (χ2n) is 9.71. The van der Waals surface area contributed by atoms with E-state index in [-0.39, 0.29) is 58.9 Å². The maximum atomic E-state index is 15.2. The van der Waals surface area contributed by atoms with E-state index in [0.717, 1.165) is 24.5 Å². The number of hydrogen-bond donors (Lipinski definition) is 2. The van der Waals surface area contributed by atoms with E-state index in [0.29, 0.717) is 17.5 Å². The van der Waals surface area contributed by atoms with Crippen molar-refractivity contribution in [2.24, 2.45) is 0 Å². The molecule has 1 aliphatic heterocycles. The third-order valence-electron chi connectivity index (χ3n) is 6.99. The molecule has 2 heterocycles. The van der Waals surface area contributed by atoms with E-state index in [4.69, 9.17) is 15.2 Å². The van der Waals surface area contributed by atoms with Crippen LogP contribution in [0, 0.1) is 18.6 Å². The van der Waals surface area contributed by atoms with Crippen molar-refractivity contribution < 1.29 is 27.8 Å². The predicted octanol–water partition coefficient (Wildman–Crippen LogP) is 4.06. The van der Waals surface area contributed by atoms with Crippen LogP contribution in [0.15, 0.2) is 43.2 Å². The SMILES string of the molecule is C=CC(=O)N(C)CCOc1c(N)ncnc1-c1cc(F)cc(NC(=O)c2ccc3c(c2F)OC2(CC2)C3)c1C. The number of amides is 2. The number of anilines is 2. The summed E-state index contributed by atoms with van der Waals surface area (Å²) >= 11 is 0. The van der Waals surface area contributed by atoms with Gasteiger partial charge in [-0.1, -0.05) is 12.6 Å². The van der Waals surface area contributed by atoms with Crippen LogP contribution in [0.3, 0.4) is 0 Å². The van der Waals surface area contributed by atoms with Gasteiger partial charge in [-0.05, 0) is 49.6 Å². The van der Waals surface area contributed by atoms with E-state index < -0.39 is 17.5 Å². The summed E-state index contributed by atoms with van der Waals surface area (Å²) in [6.07, 6.45) is 4.73. The fourth-order valence-electron chi connectivity index (χ4n) is 4.56. The average Bonchev–Trinajstić information content (AvgIpc) is 3.55. The molecule has 0 saturated heterocycles. The number of ether oxygens (including phenoxy) is 2. The molecule has 2 aromatic carbocycles. The van der Waals surface area contributed by atoms with Gasteiger partial charge in [-0.15, -0.1) is 0 Å². The molecule has 202 valence electrons. The van der Waals surface area contributed by atoms with Crippen LogP contribution < -0.4 is 20.5 Å². The maximum Gasteiger partial charge on any atom is 0.258 e. The molecule has 39 heavy (non-hydrogen) atoms. The van der Waals surface area contributed by atoms with Crippen molar-refractivity contribution in [2.45, 2.75) is 31.8 Å². The van der Waals surface area contributed by atoms with E-state index in [1.807, 2.05) is 0 Å². The largest absolute Gasteiger partial charge is 0.486 e. The first-order valence-electron chi connectivity index (χ1n) is 12.4. The van der Waals surface area contributed by atoms with Gasteiger partial charge in [0.1, 0.15) is 30.0 Å². The van der Waals surface area contributed by atoms with Crippen LogP contribution in [0.25, 0.3) is 11.3 Å². The van der Waals surface area contributed by atoms with Crippen LogP contribution in [0.5, 0.6) is 11.5 Å². The van der Waals surface area contributed by atoms with Crippen molar-refractivity contribution in [1.29, 1.82) is 0 Å². The Morgan fingerprint density at radius 3 is 2.77 bits per heavy atom. The molecular weight excluding hydrogens is 508 g/mol. The number of halogens is 2. The third-order valence-corrected chi connectivity index (χ3v) is 6.99. The lowest BCUT2D eigenvalue weighted by atomic mass is 10.0. The lowest BCUT2D eigenvalue weighted by Crippen LogP contribution is -2.29. The molecule has 0 radical (unpaired) electrons. The van der Waals surface area contributed by atoms with Crippen molar-refractivity contribution in [2.75, 3.05) is 31.2 Å². The van der Waals surface area contributed by atoms with Crippen LogP contribution in [-0.4, -0.2) is 52.5 Å². The molecule has 2 amide bonds. The van der Waals surface area contributed by atoms with Gasteiger partial charge in [0, 0.05) is 30.3 Å². The van der Waals surface area contributed by atoms with E-state index >= 15 is 4.39 Å². The normalized spacial score (nSPS) is 14.4. The summed E-state index contributed by atoms with van der Waals surface area (Å²) in [4.78, 5) is 34.4.